The molecule has 0 bridgehead atoms. The highest BCUT2D eigenvalue weighted by Crippen LogP contribution is 2.34. The van der Waals surface area contributed by atoms with Gasteiger partial charge in [-0.2, -0.15) is 0 Å². The van der Waals surface area contributed by atoms with Gasteiger partial charge in [0.05, 0.1) is 11.1 Å². The lowest BCUT2D eigenvalue weighted by molar-refractivity contribution is -0.130. The van der Waals surface area contributed by atoms with E-state index in [0.29, 0.717) is 22.7 Å². The molecule has 5 nitrogen and oxygen atoms in total. The zero-order chi connectivity index (χ0) is 19.1. The number of aryl methyl sites for hydroxylation is 2. The third kappa shape index (κ3) is 3.68. The SMILES string of the molecule is C[C@@H]1C[C@H](C)CN(C(=O)CSc2nc3sc4c(c3c(=O)n2C)CCCC4)C1. The molecule has 0 N–H and O–H groups in total. The molecule has 1 aliphatic carbocycles. The normalized spacial score (nSPS) is 22.9. The number of carbonyl (C=O) groups is 1. The molecule has 0 spiro atoms. The summed E-state index contributed by atoms with van der Waals surface area (Å²) in [6.07, 6.45) is 5.59. The van der Waals surface area contributed by atoms with Crippen molar-refractivity contribution >= 4 is 39.2 Å². The quantitative estimate of drug-likeness (QED) is 0.580. The smallest absolute Gasteiger partial charge is 0.262 e. The molecule has 0 unspecified atom stereocenters. The number of nitrogens with zero attached hydrogens (tertiary/aromatic N) is 3. The Labute approximate surface area is 168 Å². The van der Waals surface area contributed by atoms with E-state index in [4.69, 9.17) is 4.98 Å². The van der Waals surface area contributed by atoms with Gasteiger partial charge in [-0.05, 0) is 49.5 Å². The van der Waals surface area contributed by atoms with Gasteiger partial charge >= 0.3 is 0 Å². The van der Waals surface area contributed by atoms with Gasteiger partial charge in [0.25, 0.3) is 5.56 Å². The van der Waals surface area contributed by atoms with Crippen LogP contribution in [0, 0.1) is 11.8 Å². The van der Waals surface area contributed by atoms with Gasteiger partial charge in [-0.15, -0.1) is 11.3 Å². The Morgan fingerprint density at radius 1 is 1.22 bits per heavy atom. The Balaban J connectivity index is 1.55. The van der Waals surface area contributed by atoms with Crippen LogP contribution in [0.4, 0.5) is 0 Å². The summed E-state index contributed by atoms with van der Waals surface area (Å²) in [7, 11) is 1.78. The number of rotatable bonds is 3. The third-order valence-electron chi connectivity index (χ3n) is 5.70. The second-order valence-electron chi connectivity index (χ2n) is 8.18. The minimum absolute atomic E-state index is 0.0366. The van der Waals surface area contributed by atoms with Crippen LogP contribution >= 0.6 is 23.1 Å². The van der Waals surface area contributed by atoms with Crippen LogP contribution in [0.5, 0.6) is 0 Å². The van der Waals surface area contributed by atoms with Crippen LogP contribution in [0.25, 0.3) is 10.2 Å². The minimum Gasteiger partial charge on any atom is -0.341 e. The van der Waals surface area contributed by atoms with E-state index in [1.807, 2.05) is 4.90 Å². The van der Waals surface area contributed by atoms with E-state index in [0.717, 1.165) is 42.6 Å². The Bertz CT molecular complexity index is 923. The van der Waals surface area contributed by atoms with Crippen molar-refractivity contribution in [3.05, 3.63) is 20.8 Å². The average Bonchev–Trinajstić information content (AvgIpc) is 3.00. The second kappa shape index (κ2) is 7.59. The molecule has 2 atom stereocenters. The summed E-state index contributed by atoms with van der Waals surface area (Å²) < 4.78 is 1.63. The minimum atomic E-state index is 0.0366. The van der Waals surface area contributed by atoms with Crippen LogP contribution in [0.3, 0.4) is 0 Å². The van der Waals surface area contributed by atoms with E-state index in [9.17, 15) is 9.59 Å². The fourth-order valence-electron chi connectivity index (χ4n) is 4.48. The maximum absolute atomic E-state index is 12.9. The molecular weight excluding hydrogens is 378 g/mol. The number of piperidine rings is 1. The van der Waals surface area contributed by atoms with E-state index < -0.39 is 0 Å². The van der Waals surface area contributed by atoms with E-state index >= 15 is 0 Å². The molecule has 2 aliphatic rings. The first-order valence-electron chi connectivity index (χ1n) is 9.86. The van der Waals surface area contributed by atoms with Gasteiger partial charge in [0.2, 0.25) is 5.91 Å². The molecule has 146 valence electrons. The van der Waals surface area contributed by atoms with Crippen molar-refractivity contribution in [2.24, 2.45) is 18.9 Å². The average molecular weight is 406 g/mol. The predicted molar refractivity (Wildman–Crippen MR) is 112 cm³/mol. The van der Waals surface area contributed by atoms with Crippen molar-refractivity contribution in [3.8, 4) is 0 Å². The number of thiophene rings is 1. The summed E-state index contributed by atoms with van der Waals surface area (Å²) in [6, 6.07) is 0. The first kappa shape index (κ1) is 19.0. The Morgan fingerprint density at radius 3 is 2.67 bits per heavy atom. The lowest BCUT2D eigenvalue weighted by Gasteiger charge is -2.35. The zero-order valence-electron chi connectivity index (χ0n) is 16.3. The van der Waals surface area contributed by atoms with E-state index in [-0.39, 0.29) is 11.5 Å². The predicted octanol–water partition coefficient (Wildman–Crippen LogP) is 3.47. The maximum Gasteiger partial charge on any atom is 0.262 e. The summed E-state index contributed by atoms with van der Waals surface area (Å²) in [5, 5.41) is 1.46. The molecule has 7 heteroatoms. The van der Waals surface area contributed by atoms with Crippen LogP contribution in [0.15, 0.2) is 9.95 Å². The Hall–Kier alpha value is -1.34. The van der Waals surface area contributed by atoms with Gasteiger partial charge in [0.1, 0.15) is 4.83 Å². The van der Waals surface area contributed by atoms with Gasteiger partial charge in [0, 0.05) is 25.0 Å². The van der Waals surface area contributed by atoms with Gasteiger partial charge in [-0.25, -0.2) is 4.98 Å². The highest BCUT2D eigenvalue weighted by Gasteiger charge is 2.26. The number of hydrogen-bond acceptors (Lipinski definition) is 5. The largest absolute Gasteiger partial charge is 0.341 e. The van der Waals surface area contributed by atoms with Crippen LogP contribution in [-0.2, 0) is 24.7 Å². The van der Waals surface area contributed by atoms with Gasteiger partial charge in [0.15, 0.2) is 5.16 Å². The number of carbonyl (C=O) groups excluding carboxylic acids is 1. The molecule has 1 amide bonds. The number of likely N-dealkylation sites (tertiary alicyclic amines) is 1. The summed E-state index contributed by atoms with van der Waals surface area (Å²) >= 11 is 3.06. The number of thioether (sulfide) groups is 1. The molecular formula is C20H27N3O2S2. The summed E-state index contributed by atoms with van der Waals surface area (Å²) in [5.41, 5.74) is 1.26. The van der Waals surface area contributed by atoms with Crippen LogP contribution in [-0.4, -0.2) is 39.2 Å². The molecule has 4 rings (SSSR count). The van der Waals surface area contributed by atoms with Crippen LogP contribution in [0.1, 0.15) is 43.6 Å². The van der Waals surface area contributed by atoms with Crippen molar-refractivity contribution in [1.82, 2.24) is 14.5 Å². The zero-order valence-corrected chi connectivity index (χ0v) is 17.9. The van der Waals surface area contributed by atoms with Crippen LogP contribution in [0.2, 0.25) is 0 Å². The van der Waals surface area contributed by atoms with E-state index in [1.54, 1.807) is 23.0 Å². The molecule has 1 saturated heterocycles. The molecule has 1 aliphatic heterocycles. The van der Waals surface area contributed by atoms with Crippen molar-refractivity contribution in [2.45, 2.75) is 51.1 Å². The fourth-order valence-corrected chi connectivity index (χ4v) is 6.66. The van der Waals surface area contributed by atoms with Crippen molar-refractivity contribution < 1.29 is 4.79 Å². The molecule has 0 saturated carbocycles. The van der Waals surface area contributed by atoms with Crippen molar-refractivity contribution in [1.29, 1.82) is 0 Å². The number of hydrogen-bond donors (Lipinski definition) is 0. The van der Waals surface area contributed by atoms with Crippen molar-refractivity contribution in [2.75, 3.05) is 18.8 Å². The monoisotopic (exact) mass is 405 g/mol. The van der Waals surface area contributed by atoms with Crippen LogP contribution < -0.4 is 5.56 Å². The van der Waals surface area contributed by atoms with E-state index in [1.165, 1.54) is 35.0 Å². The Morgan fingerprint density at radius 2 is 1.93 bits per heavy atom. The van der Waals surface area contributed by atoms with Gasteiger partial charge < -0.3 is 4.90 Å². The molecule has 27 heavy (non-hydrogen) atoms. The van der Waals surface area contributed by atoms with Crippen molar-refractivity contribution in [3.63, 3.8) is 0 Å². The van der Waals surface area contributed by atoms with Gasteiger partial charge in [-0.1, -0.05) is 25.6 Å². The summed E-state index contributed by atoms with van der Waals surface area (Å²) in [5.74, 6) is 1.60. The number of fused-ring (bicyclic) bond motifs is 3. The first-order chi connectivity index (χ1) is 12.9. The highest BCUT2D eigenvalue weighted by molar-refractivity contribution is 7.99. The highest BCUT2D eigenvalue weighted by atomic mass is 32.2. The molecule has 0 radical (unpaired) electrons. The molecule has 2 aromatic rings. The lowest BCUT2D eigenvalue weighted by atomic mass is 9.92. The second-order valence-corrected chi connectivity index (χ2v) is 10.2. The summed E-state index contributed by atoms with van der Waals surface area (Å²) in [6.45, 7) is 6.10. The molecule has 0 aromatic carbocycles. The molecule has 1 fully saturated rings. The third-order valence-corrected chi connectivity index (χ3v) is 7.90. The topological polar surface area (TPSA) is 55.2 Å². The maximum atomic E-state index is 12.9. The number of aromatic nitrogens is 2. The number of amides is 1. The fraction of sp³-hybridized carbons (Fsp3) is 0.650. The lowest BCUT2D eigenvalue weighted by Crippen LogP contribution is -2.43. The van der Waals surface area contributed by atoms with Gasteiger partial charge in [-0.3, -0.25) is 14.2 Å². The molecule has 3 heterocycles. The molecule has 2 aromatic heterocycles. The first-order valence-corrected chi connectivity index (χ1v) is 11.7. The standard InChI is InChI=1S/C20H27N3O2S2/c1-12-8-13(2)10-23(9-12)16(24)11-26-20-21-18-17(19(25)22(20)3)14-6-4-5-7-15(14)27-18/h12-13H,4-11H2,1-3H3/t12-,13+. The Kier molecular flexibility index (Phi) is 5.34. The van der Waals surface area contributed by atoms with E-state index in [2.05, 4.69) is 13.8 Å². The summed E-state index contributed by atoms with van der Waals surface area (Å²) in [4.78, 5) is 34.5.